The first-order valence-corrected chi connectivity index (χ1v) is 7.23. The summed E-state index contributed by atoms with van der Waals surface area (Å²) in [6.07, 6.45) is 4.58. The van der Waals surface area contributed by atoms with Gasteiger partial charge in [-0.2, -0.15) is 5.10 Å². The Balaban J connectivity index is 1.92. The van der Waals surface area contributed by atoms with Crippen molar-refractivity contribution in [3.8, 4) is 5.69 Å². The fourth-order valence-corrected chi connectivity index (χ4v) is 2.45. The number of hydrogen-bond acceptors (Lipinski definition) is 5. The number of carbonyl (C=O) groups excluding carboxylic acids is 2. The Hall–Kier alpha value is -2.64. The fourth-order valence-electron chi connectivity index (χ4n) is 2.27. The molecule has 0 aliphatic carbocycles. The van der Waals surface area contributed by atoms with E-state index < -0.39 is 11.8 Å². The Bertz CT molecular complexity index is 786. The molecule has 0 spiro atoms. The number of amides is 2. The highest BCUT2D eigenvalue weighted by molar-refractivity contribution is 6.31. The normalized spacial score (nSPS) is 14.3. The second-order valence-corrected chi connectivity index (χ2v) is 5.25. The second-order valence-electron chi connectivity index (χ2n) is 4.81. The molecule has 2 N–H and O–H groups in total. The molecule has 3 rings (SSSR count). The summed E-state index contributed by atoms with van der Waals surface area (Å²) in [4.78, 5) is 25.0. The van der Waals surface area contributed by atoms with Crippen molar-refractivity contribution in [1.82, 2.24) is 14.7 Å². The monoisotopic (exact) mass is 332 g/mol. The standard InChI is InChI=1S/C15H13ClN4O3/c16-10-2-3-13(20-5-1-4-17-20)11(8-10)18-12-9-14(22)19(6-7-21)15(12)23/h1-5,8-9,18,21H,6-7H2. The van der Waals surface area contributed by atoms with E-state index in [4.69, 9.17) is 16.7 Å². The molecule has 0 saturated heterocycles. The van der Waals surface area contributed by atoms with Crippen LogP contribution >= 0.6 is 11.6 Å². The minimum absolute atomic E-state index is 0.0408. The quantitative estimate of drug-likeness (QED) is 0.803. The molecule has 0 fully saturated rings. The van der Waals surface area contributed by atoms with Gasteiger partial charge in [0.2, 0.25) is 0 Å². The first-order valence-electron chi connectivity index (χ1n) is 6.85. The number of aromatic nitrogens is 2. The Morgan fingerprint density at radius 2 is 2.13 bits per heavy atom. The number of hydrogen-bond donors (Lipinski definition) is 2. The number of halogens is 1. The molecular formula is C15H13ClN4O3. The number of benzene rings is 1. The van der Waals surface area contributed by atoms with Crippen LogP contribution in [0.25, 0.3) is 5.69 Å². The first kappa shape index (κ1) is 15.3. The number of nitrogens with one attached hydrogen (secondary N) is 1. The van der Waals surface area contributed by atoms with E-state index in [1.807, 2.05) is 0 Å². The van der Waals surface area contributed by atoms with Crippen LogP contribution in [-0.4, -0.2) is 44.8 Å². The van der Waals surface area contributed by atoms with E-state index >= 15 is 0 Å². The maximum absolute atomic E-state index is 12.2. The minimum atomic E-state index is -0.490. The van der Waals surface area contributed by atoms with Gasteiger partial charge in [-0.3, -0.25) is 14.5 Å². The number of aliphatic hydroxyl groups is 1. The summed E-state index contributed by atoms with van der Waals surface area (Å²) in [6, 6.07) is 6.87. The lowest BCUT2D eigenvalue weighted by atomic mass is 10.2. The molecular weight excluding hydrogens is 320 g/mol. The predicted octanol–water partition coefficient (Wildman–Crippen LogP) is 1.18. The van der Waals surface area contributed by atoms with Crippen molar-refractivity contribution < 1.29 is 14.7 Å². The average Bonchev–Trinajstić information content (AvgIpc) is 3.13. The number of nitrogens with zero attached hydrogens (tertiary/aromatic N) is 3. The number of imide groups is 1. The van der Waals surface area contributed by atoms with Gasteiger partial charge >= 0.3 is 0 Å². The third-order valence-electron chi connectivity index (χ3n) is 3.31. The molecule has 1 aliphatic rings. The van der Waals surface area contributed by atoms with E-state index in [9.17, 15) is 9.59 Å². The van der Waals surface area contributed by atoms with Crippen LogP contribution in [0.3, 0.4) is 0 Å². The molecule has 0 atom stereocenters. The van der Waals surface area contributed by atoms with Crippen molar-refractivity contribution in [2.75, 3.05) is 18.5 Å². The maximum Gasteiger partial charge on any atom is 0.277 e. The molecule has 2 heterocycles. The zero-order valence-electron chi connectivity index (χ0n) is 11.9. The van der Waals surface area contributed by atoms with Crippen molar-refractivity contribution >= 4 is 29.1 Å². The van der Waals surface area contributed by atoms with Crippen LogP contribution in [0.5, 0.6) is 0 Å². The summed E-state index contributed by atoms with van der Waals surface area (Å²) in [5, 5.41) is 16.5. The molecule has 0 radical (unpaired) electrons. The third kappa shape index (κ3) is 2.96. The van der Waals surface area contributed by atoms with Crippen LogP contribution < -0.4 is 5.32 Å². The first-order chi connectivity index (χ1) is 11.1. The van der Waals surface area contributed by atoms with Crippen molar-refractivity contribution in [3.63, 3.8) is 0 Å². The molecule has 8 heteroatoms. The molecule has 0 saturated carbocycles. The van der Waals surface area contributed by atoms with Gasteiger partial charge in [0.05, 0.1) is 24.5 Å². The molecule has 0 unspecified atom stereocenters. The number of β-amino-alcohol motifs (C(OH)–C–C–N with tert-alkyl or cyclic N) is 1. The molecule has 1 aliphatic heterocycles. The summed E-state index contributed by atoms with van der Waals surface area (Å²) in [7, 11) is 0. The summed E-state index contributed by atoms with van der Waals surface area (Å²) >= 11 is 6.02. The third-order valence-corrected chi connectivity index (χ3v) is 3.55. The molecule has 118 valence electrons. The Morgan fingerprint density at radius 1 is 1.30 bits per heavy atom. The zero-order chi connectivity index (χ0) is 16.4. The SMILES string of the molecule is O=C1C=C(Nc2cc(Cl)ccc2-n2cccn2)C(=O)N1CCO. The molecule has 7 nitrogen and oxygen atoms in total. The lowest BCUT2D eigenvalue weighted by molar-refractivity contribution is -0.137. The Kier molecular flexibility index (Phi) is 4.14. The summed E-state index contributed by atoms with van der Waals surface area (Å²) in [5.74, 6) is -0.954. The number of carbonyl (C=O) groups is 2. The molecule has 2 aromatic rings. The van der Waals surface area contributed by atoms with Gasteiger partial charge in [0.25, 0.3) is 11.8 Å². The van der Waals surface area contributed by atoms with Gasteiger partial charge in [0.15, 0.2) is 0 Å². The summed E-state index contributed by atoms with van der Waals surface area (Å²) in [6.45, 7) is -0.324. The van der Waals surface area contributed by atoms with Gasteiger partial charge in [0.1, 0.15) is 5.70 Å². The van der Waals surface area contributed by atoms with E-state index in [1.54, 1.807) is 41.3 Å². The van der Waals surface area contributed by atoms with Gasteiger partial charge in [-0.15, -0.1) is 0 Å². The molecule has 2 amide bonds. The highest BCUT2D eigenvalue weighted by Gasteiger charge is 2.31. The summed E-state index contributed by atoms with van der Waals surface area (Å²) < 4.78 is 1.62. The number of aliphatic hydroxyl groups excluding tert-OH is 1. The van der Waals surface area contributed by atoms with Gasteiger partial charge < -0.3 is 10.4 Å². The highest BCUT2D eigenvalue weighted by Crippen LogP contribution is 2.26. The zero-order valence-corrected chi connectivity index (χ0v) is 12.7. The highest BCUT2D eigenvalue weighted by atomic mass is 35.5. The van der Waals surface area contributed by atoms with Gasteiger partial charge in [0, 0.05) is 23.5 Å². The van der Waals surface area contributed by atoms with Crippen LogP contribution in [0, 0.1) is 0 Å². The number of anilines is 1. The lowest BCUT2D eigenvalue weighted by Gasteiger charge is -2.15. The summed E-state index contributed by atoms with van der Waals surface area (Å²) in [5.41, 5.74) is 1.35. The number of rotatable bonds is 5. The molecule has 23 heavy (non-hydrogen) atoms. The van der Waals surface area contributed by atoms with Crippen molar-refractivity contribution in [1.29, 1.82) is 0 Å². The van der Waals surface area contributed by atoms with Crippen molar-refractivity contribution in [2.24, 2.45) is 0 Å². The molecule has 1 aromatic heterocycles. The minimum Gasteiger partial charge on any atom is -0.395 e. The Labute approximate surface area is 136 Å². The van der Waals surface area contributed by atoms with Crippen LogP contribution in [0.15, 0.2) is 48.4 Å². The van der Waals surface area contributed by atoms with E-state index in [0.717, 1.165) is 4.90 Å². The van der Waals surface area contributed by atoms with E-state index in [2.05, 4.69) is 10.4 Å². The smallest absolute Gasteiger partial charge is 0.277 e. The van der Waals surface area contributed by atoms with Crippen LogP contribution in [0.4, 0.5) is 5.69 Å². The van der Waals surface area contributed by atoms with Crippen LogP contribution in [-0.2, 0) is 9.59 Å². The van der Waals surface area contributed by atoms with Gasteiger partial charge in [-0.25, -0.2) is 4.68 Å². The van der Waals surface area contributed by atoms with Gasteiger partial charge in [-0.05, 0) is 24.3 Å². The Morgan fingerprint density at radius 3 is 2.83 bits per heavy atom. The average molecular weight is 333 g/mol. The van der Waals surface area contributed by atoms with Crippen molar-refractivity contribution in [3.05, 3.63) is 53.5 Å². The van der Waals surface area contributed by atoms with Crippen LogP contribution in [0.1, 0.15) is 0 Å². The largest absolute Gasteiger partial charge is 0.395 e. The van der Waals surface area contributed by atoms with Crippen molar-refractivity contribution in [2.45, 2.75) is 0 Å². The van der Waals surface area contributed by atoms with E-state index in [-0.39, 0.29) is 18.8 Å². The predicted molar refractivity (Wildman–Crippen MR) is 84.1 cm³/mol. The van der Waals surface area contributed by atoms with E-state index in [0.29, 0.717) is 16.4 Å². The van der Waals surface area contributed by atoms with Gasteiger partial charge in [-0.1, -0.05) is 11.6 Å². The van der Waals surface area contributed by atoms with E-state index in [1.165, 1.54) is 6.08 Å². The molecule has 1 aromatic carbocycles. The topological polar surface area (TPSA) is 87.5 Å². The second kappa shape index (κ2) is 6.23. The van der Waals surface area contributed by atoms with Crippen LogP contribution in [0.2, 0.25) is 5.02 Å². The molecule has 0 bridgehead atoms. The fraction of sp³-hybridized carbons (Fsp3) is 0.133. The lowest BCUT2D eigenvalue weighted by Crippen LogP contribution is -2.34. The maximum atomic E-state index is 12.2.